The number of likely N-dealkylation sites (N-methyl/N-ethyl adjacent to an activating group) is 1. The van der Waals surface area contributed by atoms with Crippen molar-refractivity contribution < 1.29 is 13.6 Å². The molecule has 0 aromatic heterocycles. The van der Waals surface area contributed by atoms with Gasteiger partial charge in [0.25, 0.3) is 0 Å². The van der Waals surface area contributed by atoms with Crippen LogP contribution >= 0.6 is 0 Å². The molecule has 1 fully saturated rings. The molecule has 1 amide bonds. The zero-order valence-electron chi connectivity index (χ0n) is 11.3. The fourth-order valence-corrected chi connectivity index (χ4v) is 2.35. The van der Waals surface area contributed by atoms with Crippen molar-refractivity contribution in [2.24, 2.45) is 5.92 Å². The Bertz CT molecular complexity index is 492. The molecule has 5 heteroatoms. The first-order valence-corrected chi connectivity index (χ1v) is 6.43. The summed E-state index contributed by atoms with van der Waals surface area (Å²) in [6, 6.07) is 3.45. The molecule has 0 spiro atoms. The molecule has 3 nitrogen and oxygen atoms in total. The first-order chi connectivity index (χ1) is 8.95. The highest BCUT2D eigenvalue weighted by atomic mass is 19.2. The highest BCUT2D eigenvalue weighted by Gasteiger charge is 2.39. The summed E-state index contributed by atoms with van der Waals surface area (Å²) in [5.74, 6) is -1.59. The van der Waals surface area contributed by atoms with Crippen molar-refractivity contribution in [3.8, 4) is 0 Å². The molecule has 1 saturated heterocycles. The van der Waals surface area contributed by atoms with Gasteiger partial charge in [-0.25, -0.2) is 8.78 Å². The van der Waals surface area contributed by atoms with E-state index in [9.17, 15) is 13.6 Å². The maximum absolute atomic E-state index is 13.3. The third-order valence-electron chi connectivity index (χ3n) is 3.81. The lowest BCUT2D eigenvalue weighted by atomic mass is 9.99. The smallest absolute Gasteiger partial charge is 0.241 e. The van der Waals surface area contributed by atoms with E-state index in [4.69, 9.17) is 0 Å². The molecular formula is C14H18F2N2O. The van der Waals surface area contributed by atoms with E-state index >= 15 is 0 Å². The van der Waals surface area contributed by atoms with E-state index in [-0.39, 0.29) is 17.9 Å². The number of nitrogens with zero attached hydrogens (tertiary/aromatic N) is 1. The summed E-state index contributed by atoms with van der Waals surface area (Å²) in [6.45, 7) is 4.02. The second kappa shape index (κ2) is 5.25. The fourth-order valence-electron chi connectivity index (χ4n) is 2.35. The van der Waals surface area contributed by atoms with E-state index in [2.05, 4.69) is 5.32 Å². The van der Waals surface area contributed by atoms with Crippen LogP contribution in [0.15, 0.2) is 18.2 Å². The highest BCUT2D eigenvalue weighted by molar-refractivity contribution is 5.84. The maximum Gasteiger partial charge on any atom is 0.241 e. The van der Waals surface area contributed by atoms with Crippen molar-refractivity contribution in [1.29, 1.82) is 0 Å². The van der Waals surface area contributed by atoms with Gasteiger partial charge in [0.1, 0.15) is 6.17 Å². The Morgan fingerprint density at radius 2 is 2.05 bits per heavy atom. The molecule has 2 rings (SSSR count). The number of carbonyl (C=O) groups is 1. The van der Waals surface area contributed by atoms with Gasteiger partial charge in [0.05, 0.1) is 6.04 Å². The molecule has 0 bridgehead atoms. The minimum atomic E-state index is -0.896. The van der Waals surface area contributed by atoms with Crippen molar-refractivity contribution in [3.63, 3.8) is 0 Å². The number of hydrogen-bond donors (Lipinski definition) is 1. The number of benzene rings is 1. The Morgan fingerprint density at radius 1 is 1.37 bits per heavy atom. The van der Waals surface area contributed by atoms with Gasteiger partial charge in [-0.2, -0.15) is 0 Å². The number of halogens is 2. The van der Waals surface area contributed by atoms with Crippen LogP contribution in [0.1, 0.15) is 32.0 Å². The Labute approximate surface area is 111 Å². The molecule has 1 aromatic carbocycles. The van der Waals surface area contributed by atoms with Crippen LogP contribution in [0.3, 0.4) is 0 Å². The molecule has 3 atom stereocenters. The van der Waals surface area contributed by atoms with E-state index in [1.165, 1.54) is 6.07 Å². The normalized spacial score (nSPS) is 24.9. The van der Waals surface area contributed by atoms with Crippen LogP contribution in [0.2, 0.25) is 0 Å². The molecule has 0 aliphatic carbocycles. The second-order valence-corrected chi connectivity index (χ2v) is 5.06. The number of nitrogens with one attached hydrogen (secondary N) is 1. The monoisotopic (exact) mass is 268 g/mol. The summed E-state index contributed by atoms with van der Waals surface area (Å²) >= 11 is 0. The predicted molar refractivity (Wildman–Crippen MR) is 68.2 cm³/mol. The average Bonchev–Trinajstić information content (AvgIpc) is 2.69. The molecule has 1 N–H and O–H groups in total. The number of rotatable bonds is 3. The third kappa shape index (κ3) is 2.47. The predicted octanol–water partition coefficient (Wildman–Crippen LogP) is 2.44. The van der Waals surface area contributed by atoms with Crippen LogP contribution in [0, 0.1) is 17.6 Å². The zero-order chi connectivity index (χ0) is 14.2. The van der Waals surface area contributed by atoms with Crippen LogP contribution in [0.4, 0.5) is 8.78 Å². The SMILES string of the molecule is CCC(C)C1NC(c2ccc(F)c(F)c2)N(C)C1=O. The van der Waals surface area contributed by atoms with Crippen molar-refractivity contribution in [3.05, 3.63) is 35.4 Å². The molecule has 1 heterocycles. The quantitative estimate of drug-likeness (QED) is 0.913. The summed E-state index contributed by atoms with van der Waals surface area (Å²) in [5, 5.41) is 3.19. The summed E-state index contributed by atoms with van der Waals surface area (Å²) < 4.78 is 26.2. The lowest BCUT2D eigenvalue weighted by Crippen LogP contribution is -2.35. The Morgan fingerprint density at radius 3 is 2.63 bits per heavy atom. The van der Waals surface area contributed by atoms with Gasteiger partial charge in [0.2, 0.25) is 5.91 Å². The summed E-state index contributed by atoms with van der Waals surface area (Å²) in [4.78, 5) is 13.7. The zero-order valence-corrected chi connectivity index (χ0v) is 11.3. The van der Waals surface area contributed by atoms with Gasteiger partial charge < -0.3 is 4.90 Å². The molecule has 1 aliphatic rings. The molecule has 1 aliphatic heterocycles. The number of hydrogen-bond acceptors (Lipinski definition) is 2. The molecule has 1 aromatic rings. The highest BCUT2D eigenvalue weighted by Crippen LogP contribution is 2.28. The van der Waals surface area contributed by atoms with E-state index in [0.29, 0.717) is 5.56 Å². The van der Waals surface area contributed by atoms with Crippen LogP contribution in [0.5, 0.6) is 0 Å². The first kappa shape index (κ1) is 13.9. The van der Waals surface area contributed by atoms with Crippen molar-refractivity contribution >= 4 is 5.91 Å². The van der Waals surface area contributed by atoms with Gasteiger partial charge in [0.15, 0.2) is 11.6 Å². The molecular weight excluding hydrogens is 250 g/mol. The van der Waals surface area contributed by atoms with Gasteiger partial charge in [-0.1, -0.05) is 26.3 Å². The second-order valence-electron chi connectivity index (χ2n) is 5.06. The van der Waals surface area contributed by atoms with E-state index in [1.54, 1.807) is 11.9 Å². The van der Waals surface area contributed by atoms with Gasteiger partial charge in [-0.15, -0.1) is 0 Å². The molecule has 0 radical (unpaired) electrons. The van der Waals surface area contributed by atoms with Gasteiger partial charge >= 0.3 is 0 Å². The standard InChI is InChI=1S/C14H18F2N2O/c1-4-8(2)12-14(19)18(3)13(17-12)9-5-6-10(15)11(16)7-9/h5-8,12-13,17H,4H2,1-3H3. The molecule has 19 heavy (non-hydrogen) atoms. The first-order valence-electron chi connectivity index (χ1n) is 6.43. The van der Waals surface area contributed by atoms with Crippen molar-refractivity contribution in [1.82, 2.24) is 10.2 Å². The van der Waals surface area contributed by atoms with Gasteiger partial charge in [0, 0.05) is 7.05 Å². The molecule has 104 valence electrons. The van der Waals surface area contributed by atoms with Crippen molar-refractivity contribution in [2.75, 3.05) is 7.05 Å². The van der Waals surface area contributed by atoms with Crippen LogP contribution in [0.25, 0.3) is 0 Å². The van der Waals surface area contributed by atoms with E-state index in [1.807, 2.05) is 13.8 Å². The third-order valence-corrected chi connectivity index (χ3v) is 3.81. The average molecular weight is 268 g/mol. The lowest BCUT2D eigenvalue weighted by Gasteiger charge is -2.19. The van der Waals surface area contributed by atoms with E-state index in [0.717, 1.165) is 18.6 Å². The number of amides is 1. The Hall–Kier alpha value is -1.49. The van der Waals surface area contributed by atoms with Crippen LogP contribution < -0.4 is 5.32 Å². The summed E-state index contributed by atoms with van der Waals surface area (Å²) in [7, 11) is 1.67. The van der Waals surface area contributed by atoms with Crippen LogP contribution in [-0.2, 0) is 4.79 Å². The Balaban J connectivity index is 2.26. The maximum atomic E-state index is 13.3. The van der Waals surface area contributed by atoms with Gasteiger partial charge in [-0.3, -0.25) is 10.1 Å². The molecule has 0 saturated carbocycles. The molecule has 3 unspecified atom stereocenters. The van der Waals surface area contributed by atoms with Crippen LogP contribution in [-0.4, -0.2) is 23.9 Å². The van der Waals surface area contributed by atoms with E-state index < -0.39 is 17.8 Å². The summed E-state index contributed by atoms with van der Waals surface area (Å²) in [6.07, 6.45) is 0.475. The largest absolute Gasteiger partial charge is 0.325 e. The fraction of sp³-hybridized carbons (Fsp3) is 0.500. The topological polar surface area (TPSA) is 32.3 Å². The van der Waals surface area contributed by atoms with Gasteiger partial charge in [-0.05, 0) is 23.6 Å². The Kier molecular flexibility index (Phi) is 3.85. The minimum Gasteiger partial charge on any atom is -0.325 e. The summed E-state index contributed by atoms with van der Waals surface area (Å²) in [5.41, 5.74) is 0.556. The van der Waals surface area contributed by atoms with Crippen molar-refractivity contribution in [2.45, 2.75) is 32.5 Å². The lowest BCUT2D eigenvalue weighted by molar-refractivity contribution is -0.129. The number of carbonyl (C=O) groups excluding carboxylic acids is 1. The minimum absolute atomic E-state index is 0.0101.